The lowest BCUT2D eigenvalue weighted by molar-refractivity contribution is -0.161. The van der Waals surface area contributed by atoms with Gasteiger partial charge in [0, 0.05) is 19.4 Å². The molecule has 93 heavy (non-hydrogen) atoms. The zero-order chi connectivity index (χ0) is 67.2. The van der Waals surface area contributed by atoms with Gasteiger partial charge in [0.25, 0.3) is 0 Å². The van der Waals surface area contributed by atoms with Crippen molar-refractivity contribution in [1.82, 2.24) is 0 Å². The molecule has 0 saturated heterocycles. The summed E-state index contributed by atoms with van der Waals surface area (Å²) in [5.74, 6) is -0.837. The summed E-state index contributed by atoms with van der Waals surface area (Å²) in [6.07, 6.45) is 109. The molecule has 0 spiro atoms. The van der Waals surface area contributed by atoms with Crippen molar-refractivity contribution < 1.29 is 37.6 Å². The number of hydrogen-bond acceptors (Lipinski definition) is 8. The van der Waals surface area contributed by atoms with Crippen molar-refractivity contribution in [3.63, 3.8) is 0 Å². The van der Waals surface area contributed by atoms with E-state index in [0.29, 0.717) is 6.42 Å². The average Bonchev–Trinajstić information content (AvgIpc) is 3.04. The molecule has 9 nitrogen and oxygen atoms in total. The van der Waals surface area contributed by atoms with Gasteiger partial charge in [-0.15, -0.1) is 0 Å². The lowest BCUT2D eigenvalue weighted by Crippen LogP contribution is -2.29. The van der Waals surface area contributed by atoms with Crippen LogP contribution in [-0.2, 0) is 32.7 Å². The first-order chi connectivity index (χ1) is 45.8. The molecule has 0 rings (SSSR count). The van der Waals surface area contributed by atoms with Gasteiger partial charge in [0.05, 0.1) is 13.2 Å². The fourth-order valence-electron chi connectivity index (χ4n) is 11.1. The monoisotopic (exact) mass is 1320 g/mol. The number of hydrogen-bond donors (Lipinski definition) is 2. The van der Waals surface area contributed by atoms with Crippen molar-refractivity contribution in [3.05, 3.63) is 122 Å². The van der Waals surface area contributed by atoms with Crippen LogP contribution in [0.25, 0.3) is 0 Å². The summed E-state index contributed by atoms with van der Waals surface area (Å²) < 4.78 is 33.2. The van der Waals surface area contributed by atoms with Crippen molar-refractivity contribution in [2.24, 2.45) is 5.73 Å². The Bertz CT molecular complexity index is 1950. The van der Waals surface area contributed by atoms with E-state index in [-0.39, 0.29) is 38.6 Å². The first-order valence-electron chi connectivity index (χ1n) is 39.0. The number of esters is 2. The summed E-state index contributed by atoms with van der Waals surface area (Å²) >= 11 is 0. The van der Waals surface area contributed by atoms with Gasteiger partial charge in [-0.3, -0.25) is 18.6 Å². The number of ether oxygens (including phenoxy) is 2. The largest absolute Gasteiger partial charge is 0.472 e. The molecule has 2 atom stereocenters. The Balaban J connectivity index is 3.89. The van der Waals surface area contributed by atoms with E-state index in [1.165, 1.54) is 205 Å². The van der Waals surface area contributed by atoms with Crippen LogP contribution >= 0.6 is 7.82 Å². The third-order valence-corrected chi connectivity index (χ3v) is 17.8. The fraction of sp³-hybridized carbons (Fsp3) is 0.735. The van der Waals surface area contributed by atoms with Gasteiger partial charge in [-0.1, -0.05) is 379 Å². The summed E-state index contributed by atoms with van der Waals surface area (Å²) in [4.78, 5) is 35.4. The summed E-state index contributed by atoms with van der Waals surface area (Å²) in [5, 5.41) is 0. The third-order valence-electron chi connectivity index (χ3n) is 16.9. The number of unbranched alkanes of at least 4 members (excludes halogenated alkanes) is 40. The maximum Gasteiger partial charge on any atom is 0.472 e. The minimum Gasteiger partial charge on any atom is -0.462 e. The SMILES string of the molecule is CC/C=C\C/C=C\C/C=C\C/C=C\C/C=C\C/C=C\C/C=C\C/C=C\C/C=C\C/C=C\CCCCCCCCC(=O)OC(COC(=O)CCCCCCCCCCCCCCCCCCCCCCCCCCCCCCCCCCCCC)COP(=O)(O)OCCN. The highest BCUT2D eigenvalue weighted by Crippen LogP contribution is 2.43. The summed E-state index contributed by atoms with van der Waals surface area (Å²) in [6.45, 7) is 3.65. The average molecular weight is 1320 g/mol. The molecule has 0 heterocycles. The van der Waals surface area contributed by atoms with E-state index in [2.05, 4.69) is 135 Å². The Kier molecular flexibility index (Phi) is 74.4. The van der Waals surface area contributed by atoms with Crippen LogP contribution in [0.1, 0.15) is 361 Å². The van der Waals surface area contributed by atoms with Crippen LogP contribution < -0.4 is 5.73 Å². The second-order valence-electron chi connectivity index (χ2n) is 25.9. The highest BCUT2D eigenvalue weighted by molar-refractivity contribution is 7.47. The smallest absolute Gasteiger partial charge is 0.462 e. The maximum atomic E-state index is 12.8. The predicted molar refractivity (Wildman–Crippen MR) is 404 cm³/mol. The molecule has 0 aromatic carbocycles. The van der Waals surface area contributed by atoms with E-state index in [4.69, 9.17) is 24.3 Å². The van der Waals surface area contributed by atoms with Gasteiger partial charge in [-0.2, -0.15) is 0 Å². The molecule has 0 aliphatic rings. The summed E-state index contributed by atoms with van der Waals surface area (Å²) in [6, 6.07) is 0. The molecule has 0 saturated carbocycles. The lowest BCUT2D eigenvalue weighted by atomic mass is 10.0. The Morgan fingerprint density at radius 3 is 0.882 bits per heavy atom. The van der Waals surface area contributed by atoms with Crippen molar-refractivity contribution in [2.45, 2.75) is 367 Å². The Morgan fingerprint density at radius 2 is 0.591 bits per heavy atom. The molecule has 3 N–H and O–H groups in total. The van der Waals surface area contributed by atoms with Crippen molar-refractivity contribution in [1.29, 1.82) is 0 Å². The number of phosphoric acid groups is 1. The summed E-state index contributed by atoms with van der Waals surface area (Å²) in [5.41, 5.74) is 5.41. The van der Waals surface area contributed by atoms with E-state index < -0.39 is 26.5 Å². The molecular weight excluding hydrogens is 1170 g/mol. The van der Waals surface area contributed by atoms with E-state index >= 15 is 0 Å². The van der Waals surface area contributed by atoms with Gasteiger partial charge in [-0.05, 0) is 89.9 Å². The molecule has 0 aromatic rings. The van der Waals surface area contributed by atoms with Crippen LogP contribution in [0.3, 0.4) is 0 Å². The third kappa shape index (κ3) is 77.3. The van der Waals surface area contributed by atoms with Crippen LogP contribution in [0.15, 0.2) is 122 Å². The molecule has 10 heteroatoms. The van der Waals surface area contributed by atoms with Crippen molar-refractivity contribution >= 4 is 19.8 Å². The van der Waals surface area contributed by atoms with Gasteiger partial charge in [0.1, 0.15) is 6.61 Å². The van der Waals surface area contributed by atoms with Crippen molar-refractivity contribution in [2.75, 3.05) is 26.4 Å². The van der Waals surface area contributed by atoms with Gasteiger partial charge in [0.15, 0.2) is 6.10 Å². The number of carbonyl (C=O) groups excluding carboxylic acids is 2. The molecule has 0 aliphatic heterocycles. The van der Waals surface area contributed by atoms with E-state index in [9.17, 15) is 19.0 Å². The van der Waals surface area contributed by atoms with Gasteiger partial charge in [0.2, 0.25) is 0 Å². The molecule has 2 unspecified atom stereocenters. The number of rotatable bonds is 73. The second-order valence-corrected chi connectivity index (χ2v) is 27.3. The van der Waals surface area contributed by atoms with E-state index in [1.54, 1.807) is 0 Å². The molecule has 0 amide bonds. The number of allylic oxidation sites excluding steroid dienone is 20. The van der Waals surface area contributed by atoms with Crippen molar-refractivity contribution in [3.8, 4) is 0 Å². The van der Waals surface area contributed by atoms with Crippen LogP contribution in [0, 0.1) is 0 Å². The second kappa shape index (κ2) is 77.4. The van der Waals surface area contributed by atoms with Crippen LogP contribution in [0.2, 0.25) is 0 Å². The topological polar surface area (TPSA) is 134 Å². The number of phosphoric ester groups is 1. The maximum absolute atomic E-state index is 12.8. The molecule has 0 aliphatic carbocycles. The molecular formula is C83H146NO8P. The summed E-state index contributed by atoms with van der Waals surface area (Å²) in [7, 11) is -4.41. The Morgan fingerprint density at radius 1 is 0.333 bits per heavy atom. The quantitative estimate of drug-likeness (QED) is 0.0264. The molecule has 0 bridgehead atoms. The van der Waals surface area contributed by atoms with Gasteiger partial charge >= 0.3 is 19.8 Å². The standard InChI is InChI=1S/C83H146NO8P/c1-3-5-7-9-11-13-15-17-19-21-23-25-27-29-31-33-35-37-39-40-42-44-46-48-50-52-54-56-58-60-62-64-66-68-70-72-74-76-83(86)92-81(80-91-93(87,88)90-78-77-84)79-89-82(85)75-73-71-69-67-65-63-61-59-57-55-53-51-49-47-45-43-41-38-36-34-32-30-28-26-24-22-20-18-16-14-12-10-8-6-4-2/h5,7,11,13,17,19,23,25,29,31,35,37,40,42,46,48,52,54,58,60,81H,3-4,6,8-10,12,14-16,18,20-22,24,26-28,30,32-34,36,38-39,41,43-45,47,49-51,53,55-57,59,61-80,84H2,1-2H3,(H,87,88)/b7-5-,13-11-,19-17-,25-23-,31-29-,37-35-,42-40-,48-46-,54-52-,60-58-. The zero-order valence-corrected chi connectivity index (χ0v) is 61.4. The van der Waals surface area contributed by atoms with Crippen LogP contribution in [-0.4, -0.2) is 49.3 Å². The Hall–Kier alpha value is -3.59. The lowest BCUT2D eigenvalue weighted by Gasteiger charge is -2.19. The van der Waals surface area contributed by atoms with Gasteiger partial charge < -0.3 is 20.1 Å². The molecule has 0 fully saturated rings. The number of carbonyl (C=O) groups is 2. The normalized spacial score (nSPS) is 13.5. The minimum atomic E-state index is -4.41. The zero-order valence-electron chi connectivity index (χ0n) is 60.5. The first kappa shape index (κ1) is 89.4. The minimum absolute atomic E-state index is 0.0465. The predicted octanol–water partition coefficient (Wildman–Crippen LogP) is 26.2. The highest BCUT2D eigenvalue weighted by atomic mass is 31.2. The van der Waals surface area contributed by atoms with Gasteiger partial charge in [-0.25, -0.2) is 4.57 Å². The molecule has 0 aromatic heterocycles. The Labute approximate surface area is 574 Å². The van der Waals surface area contributed by atoms with E-state index in [1.807, 2.05) is 0 Å². The highest BCUT2D eigenvalue weighted by Gasteiger charge is 2.26. The fourth-order valence-corrected chi connectivity index (χ4v) is 11.9. The molecule has 0 radical (unpaired) electrons. The van der Waals surface area contributed by atoms with Crippen LogP contribution in [0.4, 0.5) is 0 Å². The van der Waals surface area contributed by atoms with Crippen LogP contribution in [0.5, 0.6) is 0 Å². The first-order valence-corrected chi connectivity index (χ1v) is 40.5. The van der Waals surface area contributed by atoms with E-state index in [0.717, 1.165) is 122 Å². The molecule has 536 valence electrons. The number of nitrogens with two attached hydrogens (primary N) is 1.